The summed E-state index contributed by atoms with van der Waals surface area (Å²) in [6.45, 7) is 0. The first kappa shape index (κ1) is 18.5. The first-order valence-electron chi connectivity index (χ1n) is 8.35. The number of methoxy groups -OCH3 is 1. The maximum absolute atomic E-state index is 12.7. The van der Waals surface area contributed by atoms with Gasteiger partial charge in [0.15, 0.2) is 5.58 Å². The molecular weight excluding hydrogens is 444 g/mol. The summed E-state index contributed by atoms with van der Waals surface area (Å²) < 4.78 is 11.9. The second-order valence-electron chi connectivity index (χ2n) is 5.98. The minimum Gasteiger partial charge on any atom is -0.496 e. The minimum atomic E-state index is -0.302. The summed E-state index contributed by atoms with van der Waals surface area (Å²) in [6.07, 6.45) is 0. The number of rotatable bonds is 4. The number of nitrogens with one attached hydrogen (secondary N) is 1. The summed E-state index contributed by atoms with van der Waals surface area (Å²) in [6, 6.07) is 17.8. The second-order valence-corrected chi connectivity index (χ2v) is 7.30. The van der Waals surface area contributed by atoms with Gasteiger partial charge in [0.2, 0.25) is 5.89 Å². The third-order valence-corrected chi connectivity index (χ3v) is 4.98. The van der Waals surface area contributed by atoms with Gasteiger partial charge in [-0.05, 0) is 48.5 Å². The Morgan fingerprint density at radius 3 is 2.75 bits per heavy atom. The lowest BCUT2D eigenvalue weighted by Gasteiger charge is -2.11. The van der Waals surface area contributed by atoms with Gasteiger partial charge >= 0.3 is 0 Å². The van der Waals surface area contributed by atoms with Crippen molar-refractivity contribution in [3.05, 3.63) is 75.7 Å². The van der Waals surface area contributed by atoms with Crippen molar-refractivity contribution in [2.24, 2.45) is 0 Å². The van der Waals surface area contributed by atoms with E-state index in [0.717, 1.165) is 9.99 Å². The van der Waals surface area contributed by atoms with Gasteiger partial charge in [0.05, 0.1) is 23.3 Å². The van der Waals surface area contributed by atoms with Crippen molar-refractivity contribution in [3.63, 3.8) is 0 Å². The highest BCUT2D eigenvalue weighted by Gasteiger charge is 2.16. The zero-order valence-electron chi connectivity index (χ0n) is 14.7. The molecule has 1 aromatic heterocycles. The highest BCUT2D eigenvalue weighted by Crippen LogP contribution is 2.33. The van der Waals surface area contributed by atoms with E-state index in [1.165, 1.54) is 7.11 Å². The van der Waals surface area contributed by atoms with Gasteiger partial charge in [-0.2, -0.15) is 0 Å². The van der Waals surface area contributed by atoms with E-state index in [9.17, 15) is 4.79 Å². The molecule has 1 N–H and O–H groups in total. The van der Waals surface area contributed by atoms with Crippen LogP contribution in [0, 0.1) is 0 Å². The van der Waals surface area contributed by atoms with Crippen LogP contribution in [0.25, 0.3) is 22.6 Å². The molecular formula is C21H14BrClN2O3. The molecule has 4 rings (SSSR count). The summed E-state index contributed by atoms with van der Waals surface area (Å²) >= 11 is 9.72. The van der Waals surface area contributed by atoms with Crippen molar-refractivity contribution in [1.82, 2.24) is 4.98 Å². The van der Waals surface area contributed by atoms with E-state index in [1.54, 1.807) is 30.3 Å². The quantitative estimate of drug-likeness (QED) is 0.398. The summed E-state index contributed by atoms with van der Waals surface area (Å²) in [5.41, 5.74) is 2.98. The van der Waals surface area contributed by atoms with Gasteiger partial charge in [0.1, 0.15) is 11.3 Å². The number of aromatic nitrogens is 1. The van der Waals surface area contributed by atoms with Gasteiger partial charge in [-0.15, -0.1) is 0 Å². The molecule has 0 aliphatic carbocycles. The molecule has 140 valence electrons. The summed E-state index contributed by atoms with van der Waals surface area (Å²) in [5, 5.41) is 3.34. The Hall–Kier alpha value is -2.83. The number of oxazole rings is 1. The van der Waals surface area contributed by atoms with Crippen molar-refractivity contribution in [2.45, 2.75) is 0 Å². The molecule has 0 aliphatic heterocycles. The van der Waals surface area contributed by atoms with Crippen molar-refractivity contribution in [3.8, 4) is 17.2 Å². The third kappa shape index (κ3) is 3.61. The summed E-state index contributed by atoms with van der Waals surface area (Å²) in [4.78, 5) is 17.2. The molecule has 5 nitrogen and oxygen atoms in total. The Labute approximate surface area is 174 Å². The third-order valence-electron chi connectivity index (χ3n) is 4.15. The van der Waals surface area contributed by atoms with Crippen LogP contribution in [0.3, 0.4) is 0 Å². The van der Waals surface area contributed by atoms with Crippen LogP contribution in [-0.2, 0) is 0 Å². The zero-order chi connectivity index (χ0) is 19.7. The molecule has 28 heavy (non-hydrogen) atoms. The number of fused-ring (bicyclic) bond motifs is 1. The molecule has 0 radical (unpaired) electrons. The number of nitrogens with zero attached hydrogens (tertiary/aromatic N) is 1. The molecule has 0 spiro atoms. The zero-order valence-corrected chi connectivity index (χ0v) is 17.0. The maximum atomic E-state index is 12.7. The fourth-order valence-electron chi connectivity index (χ4n) is 2.81. The van der Waals surface area contributed by atoms with Crippen LogP contribution in [-0.4, -0.2) is 18.0 Å². The fraction of sp³-hybridized carbons (Fsp3) is 0.0476. The number of anilines is 1. The maximum Gasteiger partial charge on any atom is 0.259 e. The number of halogens is 2. The lowest BCUT2D eigenvalue weighted by molar-refractivity contribution is 0.102. The number of carbonyl (C=O) groups is 1. The summed E-state index contributed by atoms with van der Waals surface area (Å²) in [7, 11) is 1.52. The number of benzene rings is 3. The molecule has 7 heteroatoms. The molecule has 3 aromatic carbocycles. The first-order valence-corrected chi connectivity index (χ1v) is 9.52. The lowest BCUT2D eigenvalue weighted by Crippen LogP contribution is -2.13. The van der Waals surface area contributed by atoms with Crippen molar-refractivity contribution >= 4 is 50.2 Å². The van der Waals surface area contributed by atoms with Crippen LogP contribution in [0.15, 0.2) is 69.6 Å². The molecule has 0 bridgehead atoms. The number of para-hydroxylation sites is 2. The molecule has 1 amide bonds. The molecule has 0 aliphatic rings. The molecule has 0 fully saturated rings. The van der Waals surface area contributed by atoms with E-state index >= 15 is 0 Å². The van der Waals surface area contributed by atoms with E-state index < -0.39 is 0 Å². The molecule has 0 saturated heterocycles. The van der Waals surface area contributed by atoms with Gasteiger partial charge in [-0.3, -0.25) is 4.79 Å². The van der Waals surface area contributed by atoms with E-state index in [2.05, 4.69) is 26.2 Å². The van der Waals surface area contributed by atoms with E-state index in [1.807, 2.05) is 30.3 Å². The monoisotopic (exact) mass is 456 g/mol. The van der Waals surface area contributed by atoms with Gasteiger partial charge in [-0.25, -0.2) is 4.98 Å². The Morgan fingerprint density at radius 1 is 1.14 bits per heavy atom. The fourth-order valence-corrected chi connectivity index (χ4v) is 3.37. The SMILES string of the molecule is COc1ccc(Br)cc1C(=O)Nc1ccc(Cl)c(-c2nc3ccccc3o2)c1. The standard InChI is InChI=1S/C21H14BrClN2O3/c1-27-18-9-6-12(22)10-15(18)20(26)24-13-7-8-16(23)14(11-13)21-25-17-4-2-3-5-19(17)28-21/h2-11H,1H3,(H,24,26). The Morgan fingerprint density at radius 2 is 1.96 bits per heavy atom. The Kier molecular flexibility index (Phi) is 5.07. The summed E-state index contributed by atoms with van der Waals surface area (Å²) in [5.74, 6) is 0.570. The largest absolute Gasteiger partial charge is 0.496 e. The molecule has 1 heterocycles. The van der Waals surface area contributed by atoms with Crippen LogP contribution >= 0.6 is 27.5 Å². The normalized spacial score (nSPS) is 10.8. The molecule has 0 atom stereocenters. The van der Waals surface area contributed by atoms with Gasteiger partial charge in [-0.1, -0.05) is 39.7 Å². The van der Waals surface area contributed by atoms with Crippen LogP contribution in [0.2, 0.25) is 5.02 Å². The van der Waals surface area contributed by atoms with Crippen LogP contribution in [0.1, 0.15) is 10.4 Å². The van der Waals surface area contributed by atoms with Gasteiger partial charge in [0.25, 0.3) is 5.91 Å². The van der Waals surface area contributed by atoms with Gasteiger partial charge in [0, 0.05) is 10.2 Å². The predicted octanol–water partition coefficient (Wildman–Crippen LogP) is 6.17. The molecule has 0 unspecified atom stereocenters. The van der Waals surface area contributed by atoms with E-state index in [0.29, 0.717) is 39.1 Å². The Bertz CT molecular complexity index is 1160. The average Bonchev–Trinajstić information content (AvgIpc) is 3.13. The minimum absolute atomic E-state index is 0.302. The number of hydrogen-bond acceptors (Lipinski definition) is 4. The van der Waals surface area contributed by atoms with Gasteiger partial charge < -0.3 is 14.5 Å². The second kappa shape index (κ2) is 7.66. The molecule has 0 saturated carbocycles. The highest BCUT2D eigenvalue weighted by molar-refractivity contribution is 9.10. The topological polar surface area (TPSA) is 64.4 Å². The average molecular weight is 458 g/mol. The van der Waals surface area contributed by atoms with Crippen molar-refractivity contribution in [1.29, 1.82) is 0 Å². The van der Waals surface area contributed by atoms with E-state index in [-0.39, 0.29) is 5.91 Å². The van der Waals surface area contributed by atoms with Crippen molar-refractivity contribution < 1.29 is 13.9 Å². The molecule has 4 aromatic rings. The first-order chi connectivity index (χ1) is 13.5. The highest BCUT2D eigenvalue weighted by atomic mass is 79.9. The van der Waals surface area contributed by atoms with Crippen LogP contribution in [0.4, 0.5) is 5.69 Å². The van der Waals surface area contributed by atoms with Crippen LogP contribution < -0.4 is 10.1 Å². The Balaban J connectivity index is 1.67. The van der Waals surface area contributed by atoms with Crippen molar-refractivity contribution in [2.75, 3.05) is 12.4 Å². The predicted molar refractivity (Wildman–Crippen MR) is 113 cm³/mol. The smallest absolute Gasteiger partial charge is 0.259 e. The number of ether oxygens (including phenoxy) is 1. The number of amides is 1. The van der Waals surface area contributed by atoms with Crippen LogP contribution in [0.5, 0.6) is 5.75 Å². The van der Waals surface area contributed by atoms with E-state index in [4.69, 9.17) is 20.8 Å². The number of hydrogen-bond donors (Lipinski definition) is 1. The number of carbonyl (C=O) groups excluding carboxylic acids is 1. The lowest BCUT2D eigenvalue weighted by atomic mass is 10.1.